The lowest BCUT2D eigenvalue weighted by Crippen LogP contribution is -2.08. The molecule has 1 aromatic carbocycles. The van der Waals surface area contributed by atoms with Crippen LogP contribution in [0.15, 0.2) is 18.2 Å². The zero-order valence-corrected chi connectivity index (χ0v) is 12.6. The van der Waals surface area contributed by atoms with Crippen LogP contribution in [0.5, 0.6) is 5.75 Å². The molecule has 0 saturated heterocycles. The molecule has 2 aromatic rings. The average molecular weight is 275 g/mol. The molecule has 20 heavy (non-hydrogen) atoms. The number of unbranched alkanes of at least 4 members (excludes halogenated alkanes) is 4. The van der Waals surface area contributed by atoms with Crippen LogP contribution in [0.3, 0.4) is 0 Å². The zero-order chi connectivity index (χ0) is 14.4. The number of hydrogen-bond donors (Lipinski definition) is 1. The van der Waals surface area contributed by atoms with E-state index in [-0.39, 0.29) is 0 Å². The second-order valence-electron chi connectivity index (χ2n) is 5.15. The number of methoxy groups -OCH3 is 1. The highest BCUT2D eigenvalue weighted by atomic mass is 16.5. The second kappa shape index (κ2) is 7.29. The summed E-state index contributed by atoms with van der Waals surface area (Å²) in [5.41, 5.74) is 7.95. The van der Waals surface area contributed by atoms with E-state index < -0.39 is 0 Å². The van der Waals surface area contributed by atoms with E-state index in [0.717, 1.165) is 29.2 Å². The summed E-state index contributed by atoms with van der Waals surface area (Å²) >= 11 is 0. The summed E-state index contributed by atoms with van der Waals surface area (Å²) in [5.74, 6) is 1.80. The van der Waals surface area contributed by atoms with Crippen molar-refractivity contribution in [2.24, 2.45) is 5.73 Å². The summed E-state index contributed by atoms with van der Waals surface area (Å²) < 4.78 is 7.50. The van der Waals surface area contributed by atoms with Crippen LogP contribution < -0.4 is 10.5 Å². The molecule has 0 unspecified atom stereocenters. The van der Waals surface area contributed by atoms with Crippen LogP contribution >= 0.6 is 0 Å². The molecule has 4 nitrogen and oxygen atoms in total. The molecule has 0 spiro atoms. The quantitative estimate of drug-likeness (QED) is 0.750. The van der Waals surface area contributed by atoms with Gasteiger partial charge in [0.05, 0.1) is 24.7 Å². The predicted octanol–water partition coefficient (Wildman–Crippen LogP) is 3.47. The third kappa shape index (κ3) is 3.31. The molecular formula is C16H25N3O. The van der Waals surface area contributed by atoms with Gasteiger partial charge in [0.2, 0.25) is 0 Å². The summed E-state index contributed by atoms with van der Waals surface area (Å²) in [5, 5.41) is 0. The maximum Gasteiger partial charge on any atom is 0.123 e. The Labute approximate surface area is 120 Å². The van der Waals surface area contributed by atoms with Gasteiger partial charge in [0, 0.05) is 12.6 Å². The number of fused-ring (bicyclic) bond motifs is 1. The van der Waals surface area contributed by atoms with E-state index in [2.05, 4.69) is 22.5 Å². The Morgan fingerprint density at radius 2 is 2.00 bits per heavy atom. The SMILES string of the molecule is CCCCCCCn1c(CN)nc2cc(OC)ccc21. The van der Waals surface area contributed by atoms with Gasteiger partial charge in [0.1, 0.15) is 11.6 Å². The summed E-state index contributed by atoms with van der Waals surface area (Å²) in [7, 11) is 1.68. The van der Waals surface area contributed by atoms with Crippen molar-refractivity contribution >= 4 is 11.0 Å². The van der Waals surface area contributed by atoms with Gasteiger partial charge in [-0.1, -0.05) is 32.6 Å². The lowest BCUT2D eigenvalue weighted by Gasteiger charge is -2.08. The minimum absolute atomic E-state index is 0.478. The van der Waals surface area contributed by atoms with E-state index in [9.17, 15) is 0 Å². The Morgan fingerprint density at radius 1 is 1.20 bits per heavy atom. The fraction of sp³-hybridized carbons (Fsp3) is 0.562. The normalized spacial score (nSPS) is 11.2. The monoisotopic (exact) mass is 275 g/mol. The molecule has 0 radical (unpaired) electrons. The Balaban J connectivity index is 2.13. The number of aryl methyl sites for hydroxylation is 1. The molecule has 0 atom stereocenters. The number of hydrogen-bond acceptors (Lipinski definition) is 3. The molecule has 0 aliphatic carbocycles. The molecule has 2 N–H and O–H groups in total. The highest BCUT2D eigenvalue weighted by Gasteiger charge is 2.09. The summed E-state index contributed by atoms with van der Waals surface area (Å²) in [6.45, 7) is 3.72. The van der Waals surface area contributed by atoms with Crippen molar-refractivity contribution in [2.45, 2.75) is 52.1 Å². The number of nitrogens with two attached hydrogens (primary N) is 1. The first kappa shape index (κ1) is 14.9. The predicted molar refractivity (Wildman–Crippen MR) is 82.9 cm³/mol. The number of benzene rings is 1. The standard InChI is InChI=1S/C16H25N3O/c1-3-4-5-6-7-10-19-15-9-8-13(20-2)11-14(15)18-16(19)12-17/h8-9,11H,3-7,10,12,17H2,1-2H3. The number of imidazole rings is 1. The van der Waals surface area contributed by atoms with Crippen LogP contribution in [-0.4, -0.2) is 16.7 Å². The third-order valence-corrected chi connectivity index (χ3v) is 3.70. The minimum Gasteiger partial charge on any atom is -0.497 e. The first-order chi connectivity index (χ1) is 9.80. The summed E-state index contributed by atoms with van der Waals surface area (Å²) in [6.07, 6.45) is 6.38. The van der Waals surface area contributed by atoms with Crippen molar-refractivity contribution < 1.29 is 4.74 Å². The van der Waals surface area contributed by atoms with Crippen molar-refractivity contribution in [2.75, 3.05) is 7.11 Å². The highest BCUT2D eigenvalue weighted by molar-refractivity contribution is 5.77. The van der Waals surface area contributed by atoms with Gasteiger partial charge in [-0.3, -0.25) is 0 Å². The Hall–Kier alpha value is -1.55. The van der Waals surface area contributed by atoms with Gasteiger partial charge in [-0.15, -0.1) is 0 Å². The molecule has 110 valence electrons. The zero-order valence-electron chi connectivity index (χ0n) is 12.6. The fourth-order valence-electron chi connectivity index (χ4n) is 2.57. The van der Waals surface area contributed by atoms with Gasteiger partial charge >= 0.3 is 0 Å². The van der Waals surface area contributed by atoms with Crippen LogP contribution in [0.25, 0.3) is 11.0 Å². The van der Waals surface area contributed by atoms with Crippen LogP contribution in [0.2, 0.25) is 0 Å². The molecule has 0 amide bonds. The lowest BCUT2D eigenvalue weighted by atomic mass is 10.1. The van der Waals surface area contributed by atoms with Crippen molar-refractivity contribution in [3.63, 3.8) is 0 Å². The summed E-state index contributed by atoms with van der Waals surface area (Å²) in [6, 6.07) is 6.03. The topological polar surface area (TPSA) is 53.1 Å². The van der Waals surface area contributed by atoms with E-state index in [0.29, 0.717) is 6.54 Å². The van der Waals surface area contributed by atoms with Gasteiger partial charge in [0.15, 0.2) is 0 Å². The van der Waals surface area contributed by atoms with Gasteiger partial charge < -0.3 is 15.0 Å². The molecule has 0 bridgehead atoms. The second-order valence-corrected chi connectivity index (χ2v) is 5.15. The van der Waals surface area contributed by atoms with Gasteiger partial charge in [-0.2, -0.15) is 0 Å². The Kier molecular flexibility index (Phi) is 5.41. The number of ether oxygens (including phenoxy) is 1. The number of nitrogens with zero attached hydrogens (tertiary/aromatic N) is 2. The molecule has 1 heterocycles. The van der Waals surface area contributed by atoms with Crippen LogP contribution in [0, 0.1) is 0 Å². The Bertz CT molecular complexity index is 548. The molecule has 0 saturated carbocycles. The third-order valence-electron chi connectivity index (χ3n) is 3.70. The van der Waals surface area contributed by atoms with Crippen molar-refractivity contribution in [3.05, 3.63) is 24.0 Å². The van der Waals surface area contributed by atoms with Crippen molar-refractivity contribution in [3.8, 4) is 5.75 Å². The van der Waals surface area contributed by atoms with E-state index in [1.165, 1.54) is 32.1 Å². The maximum atomic E-state index is 5.82. The molecule has 1 aromatic heterocycles. The molecule has 0 fully saturated rings. The molecule has 0 aliphatic heterocycles. The maximum absolute atomic E-state index is 5.82. The molecule has 4 heteroatoms. The summed E-state index contributed by atoms with van der Waals surface area (Å²) in [4.78, 5) is 4.61. The van der Waals surface area contributed by atoms with Gasteiger partial charge in [-0.05, 0) is 18.6 Å². The van der Waals surface area contributed by atoms with E-state index in [1.807, 2.05) is 12.1 Å². The number of rotatable bonds is 8. The Morgan fingerprint density at radius 3 is 2.70 bits per heavy atom. The van der Waals surface area contributed by atoms with E-state index >= 15 is 0 Å². The van der Waals surface area contributed by atoms with Gasteiger partial charge in [-0.25, -0.2) is 4.98 Å². The van der Waals surface area contributed by atoms with Crippen LogP contribution in [0.4, 0.5) is 0 Å². The van der Waals surface area contributed by atoms with Gasteiger partial charge in [0.25, 0.3) is 0 Å². The smallest absolute Gasteiger partial charge is 0.123 e. The molecule has 0 aliphatic rings. The van der Waals surface area contributed by atoms with Crippen molar-refractivity contribution in [1.29, 1.82) is 0 Å². The van der Waals surface area contributed by atoms with E-state index in [1.54, 1.807) is 7.11 Å². The average Bonchev–Trinajstić information content (AvgIpc) is 2.84. The minimum atomic E-state index is 0.478. The van der Waals surface area contributed by atoms with Crippen molar-refractivity contribution in [1.82, 2.24) is 9.55 Å². The fourth-order valence-corrected chi connectivity index (χ4v) is 2.57. The van der Waals surface area contributed by atoms with E-state index in [4.69, 9.17) is 10.5 Å². The largest absolute Gasteiger partial charge is 0.497 e. The molecule has 2 rings (SSSR count). The lowest BCUT2D eigenvalue weighted by molar-refractivity contribution is 0.415. The first-order valence-electron chi connectivity index (χ1n) is 7.53. The molecular weight excluding hydrogens is 250 g/mol. The van der Waals surface area contributed by atoms with Crippen LogP contribution in [0.1, 0.15) is 44.9 Å². The highest BCUT2D eigenvalue weighted by Crippen LogP contribution is 2.22. The first-order valence-corrected chi connectivity index (χ1v) is 7.53. The van der Waals surface area contributed by atoms with Crippen LogP contribution in [-0.2, 0) is 13.1 Å². The number of aromatic nitrogens is 2.